The molecule has 0 radical (unpaired) electrons. The minimum Gasteiger partial charge on any atom is -0.492 e. The summed E-state index contributed by atoms with van der Waals surface area (Å²) < 4.78 is 5.38. The number of nitrogens with zero attached hydrogens (tertiary/aromatic N) is 2. The Bertz CT molecular complexity index is 485. The molecule has 0 saturated heterocycles. The molecule has 4 heteroatoms. The van der Waals surface area contributed by atoms with Crippen molar-refractivity contribution in [2.45, 2.75) is 6.92 Å². The standard InChI is InChI=1S/C12H13N3O/c1-2-16-11-5-9(7-14-8-11)12-6-10(13)3-4-15-12/h3-8H,2H2,1H3,(H2,13,15). The molecule has 0 aliphatic carbocycles. The van der Waals surface area contributed by atoms with E-state index in [9.17, 15) is 0 Å². The van der Waals surface area contributed by atoms with Gasteiger partial charge in [0, 0.05) is 23.6 Å². The third kappa shape index (κ3) is 2.28. The molecule has 0 saturated carbocycles. The molecule has 2 aromatic rings. The van der Waals surface area contributed by atoms with Crippen molar-refractivity contribution in [3.05, 3.63) is 36.8 Å². The van der Waals surface area contributed by atoms with E-state index in [1.54, 1.807) is 24.7 Å². The smallest absolute Gasteiger partial charge is 0.138 e. The fourth-order valence-corrected chi connectivity index (χ4v) is 1.41. The molecule has 0 aliphatic rings. The van der Waals surface area contributed by atoms with Crippen LogP contribution >= 0.6 is 0 Å². The first kappa shape index (κ1) is 10.4. The molecular weight excluding hydrogens is 202 g/mol. The van der Waals surface area contributed by atoms with Gasteiger partial charge in [0.15, 0.2) is 0 Å². The first-order valence-electron chi connectivity index (χ1n) is 5.09. The summed E-state index contributed by atoms with van der Waals surface area (Å²) >= 11 is 0. The summed E-state index contributed by atoms with van der Waals surface area (Å²) in [6, 6.07) is 5.47. The van der Waals surface area contributed by atoms with Gasteiger partial charge < -0.3 is 10.5 Å². The molecule has 2 heterocycles. The van der Waals surface area contributed by atoms with Gasteiger partial charge in [0.05, 0.1) is 18.5 Å². The van der Waals surface area contributed by atoms with E-state index < -0.39 is 0 Å². The number of hydrogen-bond donors (Lipinski definition) is 1. The number of aromatic nitrogens is 2. The maximum absolute atomic E-state index is 5.70. The maximum atomic E-state index is 5.70. The van der Waals surface area contributed by atoms with Gasteiger partial charge in [0.2, 0.25) is 0 Å². The zero-order valence-electron chi connectivity index (χ0n) is 9.05. The number of ether oxygens (including phenoxy) is 1. The summed E-state index contributed by atoms with van der Waals surface area (Å²) in [5.74, 6) is 0.740. The molecule has 2 rings (SSSR count). The highest BCUT2D eigenvalue weighted by atomic mass is 16.5. The van der Waals surface area contributed by atoms with Crippen molar-refractivity contribution in [2.24, 2.45) is 0 Å². The molecule has 0 amide bonds. The lowest BCUT2D eigenvalue weighted by Gasteiger charge is -2.05. The Kier molecular flexibility index (Phi) is 3.00. The molecule has 2 aromatic heterocycles. The van der Waals surface area contributed by atoms with E-state index in [4.69, 9.17) is 10.5 Å². The number of nitrogens with two attached hydrogens (primary N) is 1. The molecule has 0 spiro atoms. The third-order valence-corrected chi connectivity index (χ3v) is 2.10. The van der Waals surface area contributed by atoms with E-state index >= 15 is 0 Å². The van der Waals surface area contributed by atoms with E-state index in [2.05, 4.69) is 9.97 Å². The van der Waals surface area contributed by atoms with Crippen LogP contribution in [0.1, 0.15) is 6.92 Å². The van der Waals surface area contributed by atoms with Gasteiger partial charge in [0.25, 0.3) is 0 Å². The molecule has 0 atom stereocenters. The van der Waals surface area contributed by atoms with Gasteiger partial charge in [-0.05, 0) is 25.1 Å². The Morgan fingerprint density at radius 1 is 1.31 bits per heavy atom. The monoisotopic (exact) mass is 215 g/mol. The molecule has 0 aliphatic heterocycles. The van der Waals surface area contributed by atoms with Crippen LogP contribution < -0.4 is 10.5 Å². The van der Waals surface area contributed by atoms with Crippen LogP contribution in [0.5, 0.6) is 5.75 Å². The number of nitrogen functional groups attached to an aromatic ring is 1. The average Bonchev–Trinajstić information content (AvgIpc) is 2.30. The highest BCUT2D eigenvalue weighted by molar-refractivity contribution is 5.63. The zero-order valence-corrected chi connectivity index (χ0v) is 9.05. The lowest BCUT2D eigenvalue weighted by Crippen LogP contribution is -1.93. The summed E-state index contributed by atoms with van der Waals surface area (Å²) in [6.45, 7) is 2.56. The molecule has 0 unspecified atom stereocenters. The summed E-state index contributed by atoms with van der Waals surface area (Å²) in [7, 11) is 0. The van der Waals surface area contributed by atoms with Crippen molar-refractivity contribution in [1.29, 1.82) is 0 Å². The van der Waals surface area contributed by atoms with Crippen molar-refractivity contribution in [2.75, 3.05) is 12.3 Å². The quantitative estimate of drug-likeness (QED) is 0.851. The number of rotatable bonds is 3. The van der Waals surface area contributed by atoms with Gasteiger partial charge in [-0.2, -0.15) is 0 Å². The van der Waals surface area contributed by atoms with Crippen LogP contribution in [0.3, 0.4) is 0 Å². The molecular formula is C12H13N3O. The number of pyridine rings is 2. The highest BCUT2D eigenvalue weighted by Crippen LogP contribution is 2.21. The van der Waals surface area contributed by atoms with Crippen molar-refractivity contribution in [3.63, 3.8) is 0 Å². The second-order valence-corrected chi connectivity index (χ2v) is 3.32. The maximum Gasteiger partial charge on any atom is 0.138 e. The second-order valence-electron chi connectivity index (χ2n) is 3.32. The molecule has 2 N–H and O–H groups in total. The predicted octanol–water partition coefficient (Wildman–Crippen LogP) is 2.12. The van der Waals surface area contributed by atoms with Gasteiger partial charge in [-0.3, -0.25) is 9.97 Å². The molecule has 0 aromatic carbocycles. The minimum absolute atomic E-state index is 0.621. The van der Waals surface area contributed by atoms with E-state index in [0.717, 1.165) is 17.0 Å². The van der Waals surface area contributed by atoms with Gasteiger partial charge in [-0.1, -0.05) is 0 Å². The topological polar surface area (TPSA) is 61.0 Å². The minimum atomic E-state index is 0.621. The van der Waals surface area contributed by atoms with Crippen LogP contribution in [0.2, 0.25) is 0 Å². The largest absolute Gasteiger partial charge is 0.492 e. The summed E-state index contributed by atoms with van der Waals surface area (Å²) in [6.07, 6.45) is 5.10. The lowest BCUT2D eigenvalue weighted by atomic mass is 10.2. The van der Waals surface area contributed by atoms with Gasteiger partial charge >= 0.3 is 0 Å². The molecule has 4 nitrogen and oxygen atoms in total. The zero-order chi connectivity index (χ0) is 11.4. The molecule has 82 valence electrons. The SMILES string of the molecule is CCOc1cncc(-c2cc(N)ccn2)c1. The predicted molar refractivity (Wildman–Crippen MR) is 63.0 cm³/mol. The Morgan fingerprint density at radius 2 is 2.19 bits per heavy atom. The Balaban J connectivity index is 2.36. The van der Waals surface area contributed by atoms with Crippen molar-refractivity contribution < 1.29 is 4.74 Å². The van der Waals surface area contributed by atoms with Crippen LogP contribution in [0.15, 0.2) is 36.8 Å². The van der Waals surface area contributed by atoms with E-state index in [-0.39, 0.29) is 0 Å². The lowest BCUT2D eigenvalue weighted by molar-refractivity contribution is 0.339. The molecule has 0 fully saturated rings. The normalized spacial score (nSPS) is 10.1. The van der Waals surface area contributed by atoms with Crippen molar-refractivity contribution in [3.8, 4) is 17.0 Å². The fraction of sp³-hybridized carbons (Fsp3) is 0.167. The van der Waals surface area contributed by atoms with Gasteiger partial charge in [0.1, 0.15) is 5.75 Å². The first-order valence-corrected chi connectivity index (χ1v) is 5.09. The highest BCUT2D eigenvalue weighted by Gasteiger charge is 2.02. The van der Waals surface area contributed by atoms with Crippen LogP contribution in [0, 0.1) is 0 Å². The van der Waals surface area contributed by atoms with Crippen molar-refractivity contribution >= 4 is 5.69 Å². The molecule has 0 bridgehead atoms. The van der Waals surface area contributed by atoms with Crippen LogP contribution in [0.25, 0.3) is 11.3 Å². The Morgan fingerprint density at radius 3 is 2.94 bits per heavy atom. The summed E-state index contributed by atoms with van der Waals surface area (Å²) in [4.78, 5) is 8.34. The first-order chi connectivity index (χ1) is 7.79. The van der Waals surface area contributed by atoms with Crippen molar-refractivity contribution in [1.82, 2.24) is 9.97 Å². The van der Waals surface area contributed by atoms with E-state index in [1.807, 2.05) is 19.1 Å². The van der Waals surface area contributed by atoms with E-state index in [0.29, 0.717) is 12.3 Å². The van der Waals surface area contributed by atoms with Crippen LogP contribution in [-0.4, -0.2) is 16.6 Å². The summed E-state index contributed by atoms with van der Waals surface area (Å²) in [5.41, 5.74) is 8.09. The Labute approximate surface area is 94.1 Å². The molecule has 16 heavy (non-hydrogen) atoms. The number of hydrogen-bond acceptors (Lipinski definition) is 4. The van der Waals surface area contributed by atoms with E-state index in [1.165, 1.54) is 0 Å². The summed E-state index contributed by atoms with van der Waals surface area (Å²) in [5, 5.41) is 0. The third-order valence-electron chi connectivity index (χ3n) is 2.10. The van der Waals surface area contributed by atoms with Crippen LogP contribution in [0.4, 0.5) is 5.69 Å². The fourth-order valence-electron chi connectivity index (χ4n) is 1.41. The van der Waals surface area contributed by atoms with Crippen LogP contribution in [-0.2, 0) is 0 Å². The second kappa shape index (κ2) is 4.61. The van der Waals surface area contributed by atoms with Gasteiger partial charge in [-0.25, -0.2) is 0 Å². The van der Waals surface area contributed by atoms with Gasteiger partial charge in [-0.15, -0.1) is 0 Å². The average molecular weight is 215 g/mol. The Hall–Kier alpha value is -2.10. The number of anilines is 1.